The topological polar surface area (TPSA) is 107 Å². The predicted molar refractivity (Wildman–Crippen MR) is 99.5 cm³/mol. The van der Waals surface area contributed by atoms with Crippen molar-refractivity contribution in [1.29, 1.82) is 0 Å². The summed E-state index contributed by atoms with van der Waals surface area (Å²) in [6.45, 7) is 2.77. The van der Waals surface area contributed by atoms with Crippen molar-refractivity contribution >= 4 is 33.2 Å². The Labute approximate surface area is 157 Å². The molecule has 0 aliphatic heterocycles. The Kier molecular flexibility index (Phi) is 6.12. The average molecular weight is 389 g/mol. The SMILES string of the molecule is CC(=O)c1cccc(NC(=O)[C@@H](C)OC(=O)c2ccccc2S(C)(=O)=O)c1. The van der Waals surface area contributed by atoms with Crippen LogP contribution in [0.3, 0.4) is 0 Å². The molecule has 0 aromatic heterocycles. The first-order valence-corrected chi connectivity index (χ1v) is 9.90. The number of rotatable bonds is 6. The van der Waals surface area contributed by atoms with Gasteiger partial charge in [0.2, 0.25) is 0 Å². The van der Waals surface area contributed by atoms with Crippen molar-refractivity contribution in [3.8, 4) is 0 Å². The van der Waals surface area contributed by atoms with Crippen molar-refractivity contribution in [2.45, 2.75) is 24.8 Å². The zero-order valence-electron chi connectivity index (χ0n) is 15.1. The van der Waals surface area contributed by atoms with Gasteiger partial charge < -0.3 is 10.1 Å². The number of Topliss-reactive ketones (excluding diaryl/α,β-unsaturated/α-hetero) is 1. The number of ether oxygens (including phenoxy) is 1. The van der Waals surface area contributed by atoms with Crippen molar-refractivity contribution in [3.05, 3.63) is 59.7 Å². The average Bonchev–Trinajstić information content (AvgIpc) is 2.61. The van der Waals surface area contributed by atoms with Crippen molar-refractivity contribution < 1.29 is 27.5 Å². The highest BCUT2D eigenvalue weighted by molar-refractivity contribution is 7.90. The first kappa shape index (κ1) is 20.3. The number of sulfone groups is 1. The maximum atomic E-state index is 12.3. The lowest BCUT2D eigenvalue weighted by atomic mass is 10.1. The molecule has 1 amide bonds. The van der Waals surface area contributed by atoms with Gasteiger partial charge in [0.1, 0.15) is 0 Å². The highest BCUT2D eigenvalue weighted by atomic mass is 32.2. The number of carbonyl (C=O) groups is 3. The molecule has 27 heavy (non-hydrogen) atoms. The van der Waals surface area contributed by atoms with Crippen LogP contribution in [0.15, 0.2) is 53.4 Å². The summed E-state index contributed by atoms with van der Waals surface area (Å²) in [5.74, 6) is -1.68. The molecule has 0 aliphatic rings. The molecule has 1 atom stereocenters. The predicted octanol–water partition coefficient (Wildman–Crippen LogP) is 2.48. The lowest BCUT2D eigenvalue weighted by Gasteiger charge is -2.15. The van der Waals surface area contributed by atoms with Gasteiger partial charge in [-0.25, -0.2) is 13.2 Å². The molecule has 1 N–H and O–H groups in total. The van der Waals surface area contributed by atoms with E-state index in [4.69, 9.17) is 4.74 Å². The van der Waals surface area contributed by atoms with Crippen LogP contribution in [-0.4, -0.2) is 38.4 Å². The first-order valence-electron chi connectivity index (χ1n) is 8.01. The number of benzene rings is 2. The summed E-state index contributed by atoms with van der Waals surface area (Å²) in [7, 11) is -3.63. The van der Waals surface area contributed by atoms with Crippen LogP contribution in [0.25, 0.3) is 0 Å². The van der Waals surface area contributed by atoms with Crippen molar-refractivity contribution in [1.82, 2.24) is 0 Å². The Morgan fingerprint density at radius 2 is 1.70 bits per heavy atom. The molecule has 2 rings (SSSR count). The van der Waals surface area contributed by atoms with Gasteiger partial charge in [-0.1, -0.05) is 24.3 Å². The highest BCUT2D eigenvalue weighted by Gasteiger charge is 2.24. The zero-order valence-corrected chi connectivity index (χ0v) is 15.9. The number of nitrogens with one attached hydrogen (secondary N) is 1. The zero-order chi connectivity index (χ0) is 20.2. The fraction of sp³-hybridized carbons (Fsp3) is 0.211. The molecule has 0 fully saturated rings. The second kappa shape index (κ2) is 8.13. The van der Waals surface area contributed by atoms with Gasteiger partial charge in [-0.15, -0.1) is 0 Å². The molecule has 2 aromatic carbocycles. The molecule has 2 aromatic rings. The van der Waals surface area contributed by atoms with Crippen molar-refractivity contribution in [2.24, 2.45) is 0 Å². The number of hydrogen-bond acceptors (Lipinski definition) is 6. The number of hydrogen-bond donors (Lipinski definition) is 1. The Morgan fingerprint density at radius 1 is 1.04 bits per heavy atom. The smallest absolute Gasteiger partial charge is 0.340 e. The lowest BCUT2D eigenvalue weighted by molar-refractivity contribution is -0.123. The van der Waals surface area contributed by atoms with Gasteiger partial charge in [0, 0.05) is 17.5 Å². The van der Waals surface area contributed by atoms with E-state index in [1.165, 1.54) is 44.2 Å². The fourth-order valence-corrected chi connectivity index (χ4v) is 3.17. The van der Waals surface area contributed by atoms with Gasteiger partial charge in [0.15, 0.2) is 21.7 Å². The quantitative estimate of drug-likeness (QED) is 0.601. The van der Waals surface area contributed by atoms with Gasteiger partial charge >= 0.3 is 5.97 Å². The van der Waals surface area contributed by atoms with Crippen molar-refractivity contribution in [2.75, 3.05) is 11.6 Å². The fourth-order valence-electron chi connectivity index (χ4n) is 2.30. The summed E-state index contributed by atoms with van der Waals surface area (Å²) in [4.78, 5) is 35.8. The minimum absolute atomic E-state index is 0.141. The molecule has 0 unspecified atom stereocenters. The minimum atomic E-state index is -3.63. The van der Waals surface area contributed by atoms with Gasteiger partial charge in [0.05, 0.1) is 10.5 Å². The molecule has 142 valence electrons. The second-order valence-electron chi connectivity index (χ2n) is 5.94. The van der Waals surface area contributed by atoms with Crippen LogP contribution in [-0.2, 0) is 19.4 Å². The molecule has 0 aliphatic carbocycles. The van der Waals surface area contributed by atoms with Crippen LogP contribution >= 0.6 is 0 Å². The largest absolute Gasteiger partial charge is 0.449 e. The molecule has 0 saturated heterocycles. The van der Waals surface area contributed by atoms with E-state index in [1.54, 1.807) is 18.2 Å². The van der Waals surface area contributed by atoms with E-state index < -0.39 is 27.8 Å². The van der Waals surface area contributed by atoms with E-state index in [-0.39, 0.29) is 16.2 Å². The molecular formula is C19H19NO6S. The van der Waals surface area contributed by atoms with Crippen molar-refractivity contribution in [3.63, 3.8) is 0 Å². The van der Waals surface area contributed by atoms with Crippen LogP contribution < -0.4 is 5.32 Å². The van der Waals surface area contributed by atoms with E-state index in [0.717, 1.165) is 6.26 Å². The summed E-state index contributed by atoms with van der Waals surface area (Å²) >= 11 is 0. The van der Waals surface area contributed by atoms with Gasteiger partial charge in [0.25, 0.3) is 5.91 Å². The van der Waals surface area contributed by atoms with Gasteiger partial charge in [-0.3, -0.25) is 9.59 Å². The Bertz CT molecular complexity index is 997. The third-order valence-corrected chi connectivity index (χ3v) is 4.85. The van der Waals surface area contributed by atoms with Gasteiger partial charge in [-0.05, 0) is 38.1 Å². The Hall–Kier alpha value is -3.00. The molecule has 7 nitrogen and oxygen atoms in total. The van der Waals surface area contributed by atoms with E-state index in [1.807, 2.05) is 0 Å². The number of esters is 1. The van der Waals surface area contributed by atoms with E-state index in [9.17, 15) is 22.8 Å². The maximum absolute atomic E-state index is 12.3. The third-order valence-electron chi connectivity index (χ3n) is 3.70. The molecule has 0 heterocycles. The molecule has 8 heteroatoms. The molecule has 0 radical (unpaired) electrons. The summed E-state index contributed by atoms with van der Waals surface area (Å²) in [5, 5.41) is 2.55. The number of ketones is 1. The van der Waals surface area contributed by atoms with Crippen LogP contribution in [0.5, 0.6) is 0 Å². The maximum Gasteiger partial charge on any atom is 0.340 e. The summed E-state index contributed by atoms with van der Waals surface area (Å²) < 4.78 is 28.7. The van der Waals surface area contributed by atoms with Crippen LogP contribution in [0.4, 0.5) is 5.69 Å². The summed E-state index contributed by atoms with van der Waals surface area (Å²) in [5.41, 5.74) is 0.671. The Morgan fingerprint density at radius 3 is 2.33 bits per heavy atom. The second-order valence-corrected chi connectivity index (χ2v) is 7.93. The molecule has 0 spiro atoms. The van der Waals surface area contributed by atoms with E-state index >= 15 is 0 Å². The number of carbonyl (C=O) groups excluding carboxylic acids is 3. The number of amides is 1. The molecule has 0 bridgehead atoms. The van der Waals surface area contributed by atoms with Crippen LogP contribution in [0, 0.1) is 0 Å². The summed E-state index contributed by atoms with van der Waals surface area (Å²) in [6.07, 6.45) is -0.192. The highest BCUT2D eigenvalue weighted by Crippen LogP contribution is 2.18. The Balaban J connectivity index is 2.12. The number of anilines is 1. The standard InChI is InChI=1S/C19H19NO6S/c1-12(21)14-7-6-8-15(11-14)20-18(22)13(2)26-19(23)16-9-4-5-10-17(16)27(3,24)25/h4-11,13H,1-3H3,(H,20,22)/t13-/m1/s1. The molecule has 0 saturated carbocycles. The van der Waals surface area contributed by atoms with E-state index in [2.05, 4.69) is 5.32 Å². The van der Waals surface area contributed by atoms with Crippen LogP contribution in [0.2, 0.25) is 0 Å². The lowest BCUT2D eigenvalue weighted by Crippen LogP contribution is -2.30. The normalized spacial score (nSPS) is 12.1. The minimum Gasteiger partial charge on any atom is -0.449 e. The van der Waals surface area contributed by atoms with E-state index in [0.29, 0.717) is 11.3 Å². The van der Waals surface area contributed by atoms with Crippen LogP contribution in [0.1, 0.15) is 34.6 Å². The monoisotopic (exact) mass is 389 g/mol. The first-order chi connectivity index (χ1) is 12.6. The third kappa shape index (κ3) is 5.24. The van der Waals surface area contributed by atoms with Gasteiger partial charge in [-0.2, -0.15) is 0 Å². The summed E-state index contributed by atoms with van der Waals surface area (Å²) in [6, 6.07) is 11.9. The molecular weight excluding hydrogens is 370 g/mol.